The van der Waals surface area contributed by atoms with Crippen molar-refractivity contribution in [1.29, 1.82) is 0 Å². The summed E-state index contributed by atoms with van der Waals surface area (Å²) >= 11 is 6.15. The van der Waals surface area contributed by atoms with Crippen molar-refractivity contribution in [2.24, 2.45) is 0 Å². The topological polar surface area (TPSA) is 59.6 Å². The SMILES string of the molecule is COc1ccc(CNCc2cc(Cl)ccc2OCC(=O)Nc2ccc(C)cc2)cc1. The molecule has 156 valence electrons. The number of benzene rings is 3. The summed E-state index contributed by atoms with van der Waals surface area (Å²) in [4.78, 5) is 12.2. The van der Waals surface area contributed by atoms with Crippen molar-refractivity contribution in [3.63, 3.8) is 0 Å². The molecule has 6 heteroatoms. The zero-order valence-corrected chi connectivity index (χ0v) is 17.8. The Hall–Kier alpha value is -3.02. The van der Waals surface area contributed by atoms with E-state index in [2.05, 4.69) is 10.6 Å². The van der Waals surface area contributed by atoms with E-state index in [0.717, 1.165) is 28.1 Å². The van der Waals surface area contributed by atoms with Gasteiger partial charge in [0.25, 0.3) is 5.91 Å². The smallest absolute Gasteiger partial charge is 0.262 e. The lowest BCUT2D eigenvalue weighted by atomic mass is 10.2. The van der Waals surface area contributed by atoms with Crippen LogP contribution >= 0.6 is 11.6 Å². The number of methoxy groups -OCH3 is 1. The first kappa shape index (κ1) is 21.7. The molecular weight excluding hydrogens is 400 g/mol. The predicted molar refractivity (Wildman–Crippen MR) is 120 cm³/mol. The Morgan fingerprint density at radius 1 is 0.967 bits per heavy atom. The van der Waals surface area contributed by atoms with Crippen LogP contribution < -0.4 is 20.1 Å². The molecule has 0 radical (unpaired) electrons. The first-order valence-electron chi connectivity index (χ1n) is 9.65. The van der Waals surface area contributed by atoms with E-state index >= 15 is 0 Å². The lowest BCUT2D eigenvalue weighted by Gasteiger charge is -2.13. The molecule has 0 saturated heterocycles. The lowest BCUT2D eigenvalue weighted by molar-refractivity contribution is -0.118. The number of amides is 1. The van der Waals surface area contributed by atoms with E-state index in [1.54, 1.807) is 19.2 Å². The molecular formula is C24H25ClN2O3. The van der Waals surface area contributed by atoms with Crippen molar-refractivity contribution in [2.75, 3.05) is 19.0 Å². The highest BCUT2D eigenvalue weighted by Crippen LogP contribution is 2.23. The number of carbonyl (C=O) groups is 1. The number of hydrogen-bond acceptors (Lipinski definition) is 4. The molecule has 0 unspecified atom stereocenters. The average molecular weight is 425 g/mol. The fourth-order valence-electron chi connectivity index (χ4n) is 2.89. The second-order valence-corrected chi connectivity index (χ2v) is 7.34. The van der Waals surface area contributed by atoms with Gasteiger partial charge in [-0.15, -0.1) is 0 Å². The van der Waals surface area contributed by atoms with Gasteiger partial charge < -0.3 is 20.1 Å². The number of carbonyl (C=O) groups excluding carboxylic acids is 1. The highest BCUT2D eigenvalue weighted by Gasteiger charge is 2.09. The van der Waals surface area contributed by atoms with E-state index in [9.17, 15) is 4.79 Å². The molecule has 0 heterocycles. The summed E-state index contributed by atoms with van der Waals surface area (Å²) in [6.45, 7) is 3.16. The summed E-state index contributed by atoms with van der Waals surface area (Å²) in [6, 6.07) is 20.9. The quantitative estimate of drug-likeness (QED) is 0.509. The normalized spacial score (nSPS) is 10.5. The monoisotopic (exact) mass is 424 g/mol. The zero-order valence-electron chi connectivity index (χ0n) is 17.1. The standard InChI is InChI=1S/C24H25ClN2O3/c1-17-3-8-21(9-4-17)27-24(28)16-30-23-12-7-20(25)13-19(23)15-26-14-18-5-10-22(29-2)11-6-18/h3-13,26H,14-16H2,1-2H3,(H,27,28). The first-order valence-corrected chi connectivity index (χ1v) is 10.0. The van der Waals surface area contributed by atoms with Gasteiger partial charge >= 0.3 is 0 Å². The van der Waals surface area contributed by atoms with Crippen LogP contribution in [0.1, 0.15) is 16.7 Å². The Morgan fingerprint density at radius 3 is 2.40 bits per heavy atom. The van der Waals surface area contributed by atoms with Crippen LogP contribution in [0.4, 0.5) is 5.69 Å². The van der Waals surface area contributed by atoms with Crippen LogP contribution in [0.3, 0.4) is 0 Å². The molecule has 0 aromatic heterocycles. The highest BCUT2D eigenvalue weighted by atomic mass is 35.5. The van der Waals surface area contributed by atoms with Crippen molar-refractivity contribution in [3.05, 3.63) is 88.4 Å². The Morgan fingerprint density at radius 2 is 1.70 bits per heavy atom. The fraction of sp³-hybridized carbons (Fsp3) is 0.208. The minimum atomic E-state index is -0.217. The van der Waals surface area contributed by atoms with Gasteiger partial charge in [-0.25, -0.2) is 0 Å². The van der Waals surface area contributed by atoms with Gasteiger partial charge in [0.2, 0.25) is 0 Å². The molecule has 2 N–H and O–H groups in total. The van der Waals surface area contributed by atoms with Crippen molar-refractivity contribution in [1.82, 2.24) is 5.32 Å². The number of ether oxygens (including phenoxy) is 2. The average Bonchev–Trinajstić information content (AvgIpc) is 2.75. The van der Waals surface area contributed by atoms with Crippen LogP contribution in [0.5, 0.6) is 11.5 Å². The minimum absolute atomic E-state index is 0.0824. The summed E-state index contributed by atoms with van der Waals surface area (Å²) in [6.07, 6.45) is 0. The number of anilines is 1. The second-order valence-electron chi connectivity index (χ2n) is 6.91. The number of rotatable bonds is 9. The molecule has 0 fully saturated rings. The summed E-state index contributed by atoms with van der Waals surface area (Å²) in [5.41, 5.74) is 3.90. The van der Waals surface area contributed by atoms with Crippen molar-refractivity contribution in [2.45, 2.75) is 20.0 Å². The van der Waals surface area contributed by atoms with E-state index in [-0.39, 0.29) is 12.5 Å². The predicted octanol–water partition coefficient (Wildman–Crippen LogP) is 4.96. The van der Waals surface area contributed by atoms with Gasteiger partial charge in [0, 0.05) is 29.4 Å². The largest absolute Gasteiger partial charge is 0.497 e. The van der Waals surface area contributed by atoms with Gasteiger partial charge in [-0.05, 0) is 55.0 Å². The summed E-state index contributed by atoms with van der Waals surface area (Å²) < 4.78 is 10.9. The molecule has 0 saturated carbocycles. The van der Waals surface area contributed by atoms with Crippen LogP contribution in [-0.2, 0) is 17.9 Å². The van der Waals surface area contributed by atoms with E-state index in [4.69, 9.17) is 21.1 Å². The van der Waals surface area contributed by atoms with Crippen molar-refractivity contribution >= 4 is 23.2 Å². The Labute approximate surface area is 182 Å². The van der Waals surface area contributed by atoms with Gasteiger partial charge in [-0.1, -0.05) is 41.4 Å². The maximum atomic E-state index is 12.2. The molecule has 30 heavy (non-hydrogen) atoms. The summed E-state index contributed by atoms with van der Waals surface area (Å²) in [5.74, 6) is 1.24. The molecule has 5 nitrogen and oxygen atoms in total. The van der Waals surface area contributed by atoms with Gasteiger partial charge in [-0.3, -0.25) is 4.79 Å². The third kappa shape index (κ3) is 6.51. The number of nitrogens with one attached hydrogen (secondary N) is 2. The first-order chi connectivity index (χ1) is 14.5. The van der Waals surface area contributed by atoms with Crippen molar-refractivity contribution < 1.29 is 14.3 Å². The van der Waals surface area contributed by atoms with Crippen LogP contribution in [0, 0.1) is 6.92 Å². The molecule has 0 aliphatic heterocycles. The maximum Gasteiger partial charge on any atom is 0.262 e. The second kappa shape index (κ2) is 10.7. The van der Waals surface area contributed by atoms with E-state index in [1.807, 2.05) is 61.5 Å². The molecule has 0 atom stereocenters. The molecule has 3 rings (SSSR count). The molecule has 1 amide bonds. The maximum absolute atomic E-state index is 12.2. The minimum Gasteiger partial charge on any atom is -0.497 e. The molecule has 0 aliphatic rings. The molecule has 3 aromatic rings. The molecule has 0 aliphatic carbocycles. The highest BCUT2D eigenvalue weighted by molar-refractivity contribution is 6.30. The third-order valence-electron chi connectivity index (χ3n) is 4.52. The lowest BCUT2D eigenvalue weighted by Crippen LogP contribution is -2.21. The summed E-state index contributed by atoms with van der Waals surface area (Å²) in [7, 11) is 1.65. The summed E-state index contributed by atoms with van der Waals surface area (Å²) in [5, 5.41) is 6.82. The molecule has 0 bridgehead atoms. The molecule has 0 spiro atoms. The van der Waals surface area contributed by atoms with Crippen LogP contribution in [0.15, 0.2) is 66.7 Å². The van der Waals surface area contributed by atoms with Crippen LogP contribution in [0.2, 0.25) is 5.02 Å². The Kier molecular flexibility index (Phi) is 7.71. The third-order valence-corrected chi connectivity index (χ3v) is 4.76. The van der Waals surface area contributed by atoms with Crippen LogP contribution in [0.25, 0.3) is 0 Å². The van der Waals surface area contributed by atoms with Gasteiger partial charge in [0.15, 0.2) is 6.61 Å². The Bertz CT molecular complexity index is 973. The van der Waals surface area contributed by atoms with Crippen LogP contribution in [-0.4, -0.2) is 19.6 Å². The van der Waals surface area contributed by atoms with Crippen molar-refractivity contribution in [3.8, 4) is 11.5 Å². The van der Waals surface area contributed by atoms with Gasteiger partial charge in [0.1, 0.15) is 11.5 Å². The van der Waals surface area contributed by atoms with Gasteiger partial charge in [-0.2, -0.15) is 0 Å². The fourth-order valence-corrected chi connectivity index (χ4v) is 3.08. The number of halogens is 1. The van der Waals surface area contributed by atoms with Gasteiger partial charge in [0.05, 0.1) is 7.11 Å². The Balaban J connectivity index is 1.54. The number of hydrogen-bond donors (Lipinski definition) is 2. The molecule has 3 aromatic carbocycles. The van der Waals surface area contributed by atoms with E-state index in [1.165, 1.54) is 0 Å². The number of aryl methyl sites for hydroxylation is 1. The zero-order chi connectivity index (χ0) is 21.3. The van der Waals surface area contributed by atoms with E-state index < -0.39 is 0 Å². The van der Waals surface area contributed by atoms with E-state index in [0.29, 0.717) is 23.9 Å².